The zero-order chi connectivity index (χ0) is 22.4. The number of aromatic nitrogens is 2. The van der Waals surface area contributed by atoms with Gasteiger partial charge in [-0.05, 0) is 62.4 Å². The number of hydrogen-bond acceptors (Lipinski definition) is 7. The summed E-state index contributed by atoms with van der Waals surface area (Å²) in [6.07, 6.45) is 2.78. The Bertz CT molecular complexity index is 1150. The van der Waals surface area contributed by atoms with Gasteiger partial charge < -0.3 is 14.8 Å². The molecule has 162 valence electrons. The van der Waals surface area contributed by atoms with Gasteiger partial charge in [0, 0.05) is 23.6 Å². The van der Waals surface area contributed by atoms with E-state index in [2.05, 4.69) is 20.0 Å². The molecule has 3 rings (SSSR count). The van der Waals surface area contributed by atoms with E-state index in [0.717, 1.165) is 0 Å². The lowest BCUT2D eigenvalue weighted by molar-refractivity contribution is 0.102. The summed E-state index contributed by atoms with van der Waals surface area (Å²) >= 11 is 0. The highest BCUT2D eigenvalue weighted by atomic mass is 32.2. The van der Waals surface area contributed by atoms with E-state index in [4.69, 9.17) is 9.47 Å². The van der Waals surface area contributed by atoms with Crippen LogP contribution in [0.1, 0.15) is 24.2 Å². The first-order valence-electron chi connectivity index (χ1n) is 9.34. The highest BCUT2D eigenvalue weighted by Gasteiger charge is 2.18. The summed E-state index contributed by atoms with van der Waals surface area (Å²) in [4.78, 5) is 20.3. The van der Waals surface area contributed by atoms with Crippen LogP contribution in [0.3, 0.4) is 0 Å². The van der Waals surface area contributed by atoms with Gasteiger partial charge in [0.25, 0.3) is 21.8 Å². The molecule has 0 aliphatic rings. The van der Waals surface area contributed by atoms with Crippen molar-refractivity contribution in [1.29, 1.82) is 0 Å². The number of carbonyl (C=O) groups excluding carboxylic acids is 1. The Kier molecular flexibility index (Phi) is 6.71. The Hall–Kier alpha value is -3.66. The third kappa shape index (κ3) is 5.70. The number of amides is 1. The van der Waals surface area contributed by atoms with Gasteiger partial charge in [0.2, 0.25) is 5.82 Å². The quantitative estimate of drug-likeness (QED) is 0.549. The molecule has 0 spiro atoms. The smallest absolute Gasteiger partial charge is 0.263 e. The highest BCUT2D eigenvalue weighted by Crippen LogP contribution is 2.22. The maximum absolute atomic E-state index is 12.6. The van der Waals surface area contributed by atoms with E-state index in [0.29, 0.717) is 17.0 Å². The first kappa shape index (κ1) is 22.0. The number of methoxy groups -OCH3 is 1. The molecular weight excluding hydrogens is 420 g/mol. The maximum Gasteiger partial charge on any atom is 0.263 e. The number of nitrogens with zero attached hydrogens (tertiary/aromatic N) is 2. The summed E-state index contributed by atoms with van der Waals surface area (Å²) in [5, 5.41) is 2.73. The number of benzene rings is 2. The Labute approximate surface area is 180 Å². The minimum Gasteiger partial charge on any atom is -0.491 e. The predicted octanol–water partition coefficient (Wildman–Crippen LogP) is 3.33. The standard InChI is InChI=1S/C21H22N4O5S/c1-14(2)30-17-8-4-15(5-9-17)20(26)24-16-6-10-18(11-7-16)31(27,28)25-19-21(29-3)23-13-12-22-19/h4-14H,1-3H3,(H,22,25)(H,24,26). The van der Waals surface area contributed by atoms with Crippen LogP contribution in [0.25, 0.3) is 0 Å². The largest absolute Gasteiger partial charge is 0.491 e. The van der Waals surface area contributed by atoms with E-state index in [1.165, 1.54) is 43.8 Å². The normalized spacial score (nSPS) is 11.1. The molecule has 10 heteroatoms. The van der Waals surface area contributed by atoms with Crippen LogP contribution in [0.5, 0.6) is 11.6 Å². The first-order chi connectivity index (χ1) is 14.8. The van der Waals surface area contributed by atoms with Gasteiger partial charge in [-0.1, -0.05) is 0 Å². The Morgan fingerprint density at radius 3 is 2.23 bits per heavy atom. The van der Waals surface area contributed by atoms with Crippen molar-refractivity contribution in [1.82, 2.24) is 9.97 Å². The molecule has 0 atom stereocenters. The third-order valence-electron chi connectivity index (χ3n) is 4.00. The topological polar surface area (TPSA) is 120 Å². The number of rotatable bonds is 8. The van der Waals surface area contributed by atoms with E-state index in [1.807, 2.05) is 13.8 Å². The number of nitrogens with one attached hydrogen (secondary N) is 2. The lowest BCUT2D eigenvalue weighted by Gasteiger charge is -2.11. The van der Waals surface area contributed by atoms with Crippen LogP contribution in [0.2, 0.25) is 0 Å². The monoisotopic (exact) mass is 442 g/mol. The van der Waals surface area contributed by atoms with Gasteiger partial charge in [0.1, 0.15) is 5.75 Å². The van der Waals surface area contributed by atoms with Crippen LogP contribution in [0.4, 0.5) is 11.5 Å². The summed E-state index contributed by atoms with van der Waals surface area (Å²) in [6.45, 7) is 3.84. The summed E-state index contributed by atoms with van der Waals surface area (Å²) < 4.78 is 38.1. The van der Waals surface area contributed by atoms with Crippen LogP contribution in [0.15, 0.2) is 65.8 Å². The van der Waals surface area contributed by atoms with Crippen LogP contribution in [0, 0.1) is 0 Å². The number of carbonyl (C=O) groups is 1. The molecule has 3 aromatic rings. The first-order valence-corrected chi connectivity index (χ1v) is 10.8. The summed E-state index contributed by atoms with van der Waals surface area (Å²) in [5.41, 5.74) is 0.896. The van der Waals surface area contributed by atoms with Gasteiger partial charge in [0.05, 0.1) is 18.1 Å². The minimum atomic E-state index is -3.92. The molecule has 31 heavy (non-hydrogen) atoms. The maximum atomic E-state index is 12.6. The van der Waals surface area contributed by atoms with Gasteiger partial charge in [-0.15, -0.1) is 0 Å². The van der Waals surface area contributed by atoms with Crippen molar-refractivity contribution in [2.45, 2.75) is 24.8 Å². The molecule has 1 aromatic heterocycles. The van der Waals surface area contributed by atoms with E-state index in [1.54, 1.807) is 24.3 Å². The van der Waals surface area contributed by atoms with Crippen molar-refractivity contribution in [3.05, 3.63) is 66.5 Å². The molecule has 0 radical (unpaired) electrons. The molecule has 2 N–H and O–H groups in total. The van der Waals surface area contributed by atoms with Gasteiger partial charge in [-0.2, -0.15) is 0 Å². The van der Waals surface area contributed by atoms with Crippen molar-refractivity contribution in [2.24, 2.45) is 0 Å². The average Bonchev–Trinajstić information content (AvgIpc) is 2.74. The molecule has 1 heterocycles. The van der Waals surface area contributed by atoms with Crippen molar-refractivity contribution < 1.29 is 22.7 Å². The van der Waals surface area contributed by atoms with E-state index in [-0.39, 0.29) is 28.6 Å². The van der Waals surface area contributed by atoms with E-state index >= 15 is 0 Å². The van der Waals surface area contributed by atoms with Crippen LogP contribution < -0.4 is 19.5 Å². The summed E-state index contributed by atoms with van der Waals surface area (Å²) in [7, 11) is -2.55. The number of sulfonamides is 1. The van der Waals surface area contributed by atoms with Crippen LogP contribution in [-0.4, -0.2) is 37.5 Å². The Balaban J connectivity index is 1.68. The Morgan fingerprint density at radius 2 is 1.61 bits per heavy atom. The molecule has 9 nitrogen and oxygen atoms in total. The lowest BCUT2D eigenvalue weighted by Crippen LogP contribution is -2.15. The number of ether oxygens (including phenoxy) is 2. The number of anilines is 2. The van der Waals surface area contributed by atoms with Crippen molar-refractivity contribution in [3.8, 4) is 11.6 Å². The van der Waals surface area contributed by atoms with Gasteiger partial charge in [-0.3, -0.25) is 9.52 Å². The minimum absolute atomic E-state index is 0.00612. The SMILES string of the molecule is COc1nccnc1NS(=O)(=O)c1ccc(NC(=O)c2ccc(OC(C)C)cc2)cc1. The van der Waals surface area contributed by atoms with Crippen LogP contribution >= 0.6 is 0 Å². The molecule has 0 fully saturated rings. The molecule has 0 saturated carbocycles. The second-order valence-corrected chi connectivity index (χ2v) is 8.37. The van der Waals surface area contributed by atoms with E-state index < -0.39 is 10.0 Å². The predicted molar refractivity (Wildman–Crippen MR) is 116 cm³/mol. The van der Waals surface area contributed by atoms with Gasteiger partial charge in [0.15, 0.2) is 0 Å². The van der Waals surface area contributed by atoms with Crippen molar-refractivity contribution in [2.75, 3.05) is 17.1 Å². The fourth-order valence-electron chi connectivity index (χ4n) is 2.61. The second-order valence-electron chi connectivity index (χ2n) is 6.69. The molecule has 0 aliphatic carbocycles. The molecule has 2 aromatic carbocycles. The molecule has 0 aliphatic heterocycles. The second kappa shape index (κ2) is 9.43. The fourth-order valence-corrected chi connectivity index (χ4v) is 3.62. The van der Waals surface area contributed by atoms with Gasteiger partial charge >= 0.3 is 0 Å². The lowest BCUT2D eigenvalue weighted by atomic mass is 10.2. The molecule has 0 unspecified atom stereocenters. The molecule has 0 bridgehead atoms. The van der Waals surface area contributed by atoms with Crippen molar-refractivity contribution in [3.63, 3.8) is 0 Å². The molecule has 0 saturated heterocycles. The Morgan fingerprint density at radius 1 is 0.968 bits per heavy atom. The number of hydrogen-bond donors (Lipinski definition) is 2. The van der Waals surface area contributed by atoms with Crippen molar-refractivity contribution >= 4 is 27.4 Å². The fraction of sp³-hybridized carbons (Fsp3) is 0.190. The summed E-state index contributed by atoms with van der Waals surface area (Å²) in [5.74, 6) is 0.384. The summed E-state index contributed by atoms with van der Waals surface area (Å²) in [6, 6.07) is 12.5. The zero-order valence-electron chi connectivity index (χ0n) is 17.2. The average molecular weight is 442 g/mol. The molecule has 1 amide bonds. The zero-order valence-corrected chi connectivity index (χ0v) is 18.0. The van der Waals surface area contributed by atoms with E-state index in [9.17, 15) is 13.2 Å². The highest BCUT2D eigenvalue weighted by molar-refractivity contribution is 7.92. The molecular formula is C21H22N4O5S. The third-order valence-corrected chi connectivity index (χ3v) is 5.35. The van der Waals surface area contributed by atoms with Crippen LogP contribution in [-0.2, 0) is 10.0 Å². The van der Waals surface area contributed by atoms with Gasteiger partial charge in [-0.25, -0.2) is 18.4 Å².